The van der Waals surface area contributed by atoms with Crippen LogP contribution in [-0.2, 0) is 11.2 Å². The van der Waals surface area contributed by atoms with Crippen LogP contribution in [0.4, 0.5) is 4.39 Å². The van der Waals surface area contributed by atoms with Crippen molar-refractivity contribution >= 4 is 21.8 Å². The Kier molecular flexibility index (Phi) is 4.35. The van der Waals surface area contributed by atoms with Crippen molar-refractivity contribution in [1.82, 2.24) is 10.2 Å². The molecule has 0 aromatic heterocycles. The maximum Gasteiger partial charge on any atom is 0.227 e. The second kappa shape index (κ2) is 5.80. The van der Waals surface area contributed by atoms with E-state index < -0.39 is 0 Å². The van der Waals surface area contributed by atoms with Gasteiger partial charge in [0.25, 0.3) is 0 Å². The molecule has 0 saturated carbocycles. The molecule has 1 aromatic rings. The van der Waals surface area contributed by atoms with Crippen LogP contribution in [0.2, 0.25) is 0 Å². The van der Waals surface area contributed by atoms with Gasteiger partial charge in [0, 0.05) is 30.1 Å². The number of rotatable bonds is 2. The van der Waals surface area contributed by atoms with Crippen LogP contribution in [0.5, 0.6) is 0 Å². The summed E-state index contributed by atoms with van der Waals surface area (Å²) in [5.74, 6) is -0.204. The lowest BCUT2D eigenvalue weighted by Gasteiger charge is -2.34. The van der Waals surface area contributed by atoms with Gasteiger partial charge in [0.2, 0.25) is 5.91 Å². The lowest BCUT2D eigenvalue weighted by atomic mass is 10.1. The fourth-order valence-corrected chi connectivity index (χ4v) is 2.63. The number of halogens is 2. The summed E-state index contributed by atoms with van der Waals surface area (Å²) >= 11 is 3.29. The molecule has 3 nitrogen and oxygen atoms in total. The van der Waals surface area contributed by atoms with Crippen LogP contribution in [0, 0.1) is 5.82 Å². The lowest BCUT2D eigenvalue weighted by molar-refractivity contribution is -0.133. The summed E-state index contributed by atoms with van der Waals surface area (Å²) in [7, 11) is 0. The number of amides is 1. The lowest BCUT2D eigenvalue weighted by Crippen LogP contribution is -2.52. The van der Waals surface area contributed by atoms with Gasteiger partial charge in [-0.3, -0.25) is 4.79 Å². The van der Waals surface area contributed by atoms with E-state index >= 15 is 0 Å². The third-order valence-corrected chi connectivity index (χ3v) is 3.92. The fraction of sp³-hybridized carbons (Fsp3) is 0.462. The second-order valence-electron chi connectivity index (χ2n) is 4.55. The highest BCUT2D eigenvalue weighted by molar-refractivity contribution is 9.10. The first-order valence-corrected chi connectivity index (χ1v) is 6.81. The zero-order valence-corrected chi connectivity index (χ0v) is 11.8. The largest absolute Gasteiger partial charge is 0.337 e. The number of benzene rings is 1. The number of hydrogen-bond donors (Lipinski definition) is 1. The first kappa shape index (κ1) is 13.5. The normalized spacial score (nSPS) is 19.9. The SMILES string of the molecule is C[C@H]1CNCCN1C(=O)Cc1ccc(F)cc1Br. The first-order valence-electron chi connectivity index (χ1n) is 6.02. The average molecular weight is 315 g/mol. The molecule has 1 aliphatic heterocycles. The predicted molar refractivity (Wildman–Crippen MR) is 71.8 cm³/mol. The molecule has 0 radical (unpaired) electrons. The minimum Gasteiger partial charge on any atom is -0.337 e. The van der Waals surface area contributed by atoms with E-state index in [0.717, 1.165) is 25.2 Å². The van der Waals surface area contributed by atoms with Gasteiger partial charge in [-0.05, 0) is 24.6 Å². The summed E-state index contributed by atoms with van der Waals surface area (Å²) in [5, 5.41) is 3.25. The average Bonchev–Trinajstić information content (AvgIpc) is 2.33. The van der Waals surface area contributed by atoms with Crippen LogP contribution in [0.25, 0.3) is 0 Å². The van der Waals surface area contributed by atoms with E-state index in [2.05, 4.69) is 21.2 Å². The Morgan fingerprint density at radius 3 is 3.06 bits per heavy atom. The molecule has 1 aliphatic rings. The highest BCUT2D eigenvalue weighted by Crippen LogP contribution is 2.19. The molecule has 1 saturated heterocycles. The Balaban J connectivity index is 2.06. The Bertz CT molecular complexity index is 453. The second-order valence-corrected chi connectivity index (χ2v) is 5.41. The van der Waals surface area contributed by atoms with Gasteiger partial charge in [-0.1, -0.05) is 22.0 Å². The molecule has 1 heterocycles. The molecule has 1 aromatic carbocycles. The van der Waals surface area contributed by atoms with Crippen molar-refractivity contribution in [3.05, 3.63) is 34.1 Å². The van der Waals surface area contributed by atoms with Crippen LogP contribution >= 0.6 is 15.9 Å². The van der Waals surface area contributed by atoms with Crippen LogP contribution in [-0.4, -0.2) is 36.5 Å². The molecule has 18 heavy (non-hydrogen) atoms. The highest BCUT2D eigenvalue weighted by Gasteiger charge is 2.23. The number of hydrogen-bond acceptors (Lipinski definition) is 2. The summed E-state index contributed by atoms with van der Waals surface area (Å²) in [6.07, 6.45) is 0.311. The monoisotopic (exact) mass is 314 g/mol. The Morgan fingerprint density at radius 1 is 1.61 bits per heavy atom. The predicted octanol–water partition coefficient (Wildman–Crippen LogP) is 1.95. The quantitative estimate of drug-likeness (QED) is 0.905. The van der Waals surface area contributed by atoms with Gasteiger partial charge in [-0.2, -0.15) is 0 Å². The minimum atomic E-state index is -0.298. The minimum absolute atomic E-state index is 0.0938. The molecule has 5 heteroatoms. The van der Waals surface area contributed by atoms with Gasteiger partial charge < -0.3 is 10.2 Å². The number of piperazine rings is 1. The van der Waals surface area contributed by atoms with Gasteiger partial charge >= 0.3 is 0 Å². The van der Waals surface area contributed by atoms with Crippen LogP contribution in [0.1, 0.15) is 12.5 Å². The number of nitrogens with zero attached hydrogens (tertiary/aromatic N) is 1. The van der Waals surface area contributed by atoms with Crippen molar-refractivity contribution in [2.24, 2.45) is 0 Å². The van der Waals surface area contributed by atoms with E-state index in [-0.39, 0.29) is 17.8 Å². The molecule has 2 rings (SSSR count). The Labute approximate surface area is 114 Å². The number of carbonyl (C=O) groups excluding carboxylic acids is 1. The molecule has 0 unspecified atom stereocenters. The van der Waals surface area contributed by atoms with Gasteiger partial charge in [0.1, 0.15) is 5.82 Å². The van der Waals surface area contributed by atoms with Crippen molar-refractivity contribution < 1.29 is 9.18 Å². The molecule has 1 N–H and O–H groups in total. The fourth-order valence-electron chi connectivity index (χ4n) is 2.14. The van der Waals surface area contributed by atoms with E-state index in [9.17, 15) is 9.18 Å². The summed E-state index contributed by atoms with van der Waals surface area (Å²) in [6, 6.07) is 4.65. The van der Waals surface area contributed by atoms with Gasteiger partial charge in [-0.15, -0.1) is 0 Å². The van der Waals surface area contributed by atoms with Gasteiger partial charge in [0.05, 0.1) is 6.42 Å². The van der Waals surface area contributed by atoms with E-state index in [0.29, 0.717) is 10.9 Å². The molecular weight excluding hydrogens is 299 g/mol. The molecule has 1 atom stereocenters. The molecule has 0 aliphatic carbocycles. The smallest absolute Gasteiger partial charge is 0.227 e. The molecule has 1 fully saturated rings. The van der Waals surface area contributed by atoms with Crippen LogP contribution in [0.15, 0.2) is 22.7 Å². The topological polar surface area (TPSA) is 32.3 Å². The van der Waals surface area contributed by atoms with Crippen molar-refractivity contribution in [2.75, 3.05) is 19.6 Å². The van der Waals surface area contributed by atoms with E-state index in [1.54, 1.807) is 6.07 Å². The van der Waals surface area contributed by atoms with Crippen LogP contribution < -0.4 is 5.32 Å². The number of nitrogens with one attached hydrogen (secondary N) is 1. The third-order valence-electron chi connectivity index (χ3n) is 3.18. The summed E-state index contributed by atoms with van der Waals surface area (Å²) in [5.41, 5.74) is 0.826. The summed E-state index contributed by atoms with van der Waals surface area (Å²) in [4.78, 5) is 14.1. The van der Waals surface area contributed by atoms with Crippen LogP contribution in [0.3, 0.4) is 0 Å². The maximum absolute atomic E-state index is 13.0. The highest BCUT2D eigenvalue weighted by atomic mass is 79.9. The number of carbonyl (C=O) groups is 1. The van der Waals surface area contributed by atoms with E-state index in [1.165, 1.54) is 12.1 Å². The molecule has 1 amide bonds. The molecular formula is C13H16BrFN2O. The van der Waals surface area contributed by atoms with Crippen molar-refractivity contribution in [3.63, 3.8) is 0 Å². The maximum atomic E-state index is 13.0. The third kappa shape index (κ3) is 3.09. The van der Waals surface area contributed by atoms with Crippen molar-refractivity contribution in [2.45, 2.75) is 19.4 Å². The first-order chi connectivity index (χ1) is 8.58. The zero-order valence-electron chi connectivity index (χ0n) is 10.2. The van der Waals surface area contributed by atoms with Gasteiger partial charge in [0.15, 0.2) is 0 Å². The van der Waals surface area contributed by atoms with E-state index in [4.69, 9.17) is 0 Å². The van der Waals surface area contributed by atoms with Gasteiger partial charge in [-0.25, -0.2) is 4.39 Å². The molecule has 98 valence electrons. The zero-order chi connectivity index (χ0) is 13.1. The standard InChI is InChI=1S/C13H16BrFN2O/c1-9-8-16-4-5-17(9)13(18)6-10-2-3-11(15)7-12(10)14/h2-3,7,9,16H,4-6,8H2,1H3/t9-/m0/s1. The molecule has 0 spiro atoms. The Hall–Kier alpha value is -0.940. The summed E-state index contributed by atoms with van der Waals surface area (Å²) < 4.78 is 13.6. The summed E-state index contributed by atoms with van der Waals surface area (Å²) in [6.45, 7) is 4.43. The molecule has 0 bridgehead atoms. The van der Waals surface area contributed by atoms with E-state index in [1.807, 2.05) is 11.8 Å². The van der Waals surface area contributed by atoms with Crippen molar-refractivity contribution in [3.8, 4) is 0 Å². The Morgan fingerprint density at radius 2 is 2.39 bits per heavy atom. The van der Waals surface area contributed by atoms with Crippen molar-refractivity contribution in [1.29, 1.82) is 0 Å².